The molecule has 0 aliphatic carbocycles. The summed E-state index contributed by atoms with van der Waals surface area (Å²) in [5.41, 5.74) is 0.942. The van der Waals surface area contributed by atoms with Gasteiger partial charge in [0.05, 0.1) is 18.0 Å². The Balaban J connectivity index is 2.36. The van der Waals surface area contributed by atoms with Crippen LogP contribution in [0.25, 0.3) is 10.2 Å². The van der Waals surface area contributed by atoms with E-state index in [0.29, 0.717) is 24.3 Å². The highest BCUT2D eigenvalue weighted by Gasteiger charge is 2.16. The Labute approximate surface area is 128 Å². The van der Waals surface area contributed by atoms with Gasteiger partial charge in [0.2, 0.25) is 0 Å². The molecule has 2 rings (SSSR count). The standard InChI is InChI=1S/C15H23N3O2S/c1-8(2)18(6-9(3)19)7-12-16-14(20)13-10(4)11(5)21-15(13)17-12/h8-9,19H,6-7H2,1-5H3,(H,16,17,20). The van der Waals surface area contributed by atoms with Crippen molar-refractivity contribution in [2.24, 2.45) is 0 Å². The van der Waals surface area contributed by atoms with Crippen LogP contribution in [-0.2, 0) is 6.54 Å². The van der Waals surface area contributed by atoms with Gasteiger partial charge in [0, 0.05) is 17.5 Å². The SMILES string of the molecule is Cc1sc2nc(CN(CC(C)O)C(C)C)[nH]c(=O)c2c1C. The summed E-state index contributed by atoms with van der Waals surface area (Å²) in [6, 6.07) is 0.271. The van der Waals surface area contributed by atoms with Crippen LogP contribution in [0.5, 0.6) is 0 Å². The zero-order valence-corrected chi connectivity index (χ0v) is 14.0. The number of rotatable bonds is 5. The number of aryl methyl sites for hydroxylation is 2. The molecule has 0 saturated heterocycles. The van der Waals surface area contributed by atoms with E-state index in [4.69, 9.17) is 0 Å². The third-order valence-electron chi connectivity index (χ3n) is 3.67. The highest BCUT2D eigenvalue weighted by molar-refractivity contribution is 7.18. The minimum Gasteiger partial charge on any atom is -0.392 e. The van der Waals surface area contributed by atoms with Crippen LogP contribution in [0.4, 0.5) is 0 Å². The van der Waals surface area contributed by atoms with Gasteiger partial charge in [-0.05, 0) is 40.2 Å². The third kappa shape index (κ3) is 3.51. The first-order chi connectivity index (χ1) is 9.79. The maximum absolute atomic E-state index is 12.3. The second kappa shape index (κ2) is 6.25. The Kier molecular flexibility index (Phi) is 4.81. The van der Waals surface area contributed by atoms with Gasteiger partial charge in [-0.1, -0.05) is 0 Å². The van der Waals surface area contributed by atoms with Crippen LogP contribution >= 0.6 is 11.3 Å². The molecule has 1 atom stereocenters. The Morgan fingerprint density at radius 2 is 2.00 bits per heavy atom. The van der Waals surface area contributed by atoms with Crippen molar-refractivity contribution < 1.29 is 5.11 Å². The molecule has 0 aliphatic rings. The number of fused-ring (bicyclic) bond motifs is 1. The molecular formula is C15H23N3O2S. The number of thiophene rings is 1. The first-order valence-corrected chi connectivity index (χ1v) is 8.02. The monoisotopic (exact) mass is 309 g/mol. The maximum Gasteiger partial charge on any atom is 0.259 e. The molecule has 2 N–H and O–H groups in total. The zero-order valence-electron chi connectivity index (χ0n) is 13.2. The van der Waals surface area contributed by atoms with Crippen molar-refractivity contribution >= 4 is 21.6 Å². The molecule has 0 aliphatic heterocycles. The number of aromatic amines is 1. The van der Waals surface area contributed by atoms with Crippen molar-refractivity contribution in [2.45, 2.75) is 53.3 Å². The van der Waals surface area contributed by atoms with Crippen molar-refractivity contribution in [1.29, 1.82) is 0 Å². The first-order valence-electron chi connectivity index (χ1n) is 7.20. The minimum atomic E-state index is -0.408. The van der Waals surface area contributed by atoms with Gasteiger partial charge in [0.25, 0.3) is 5.56 Å². The quantitative estimate of drug-likeness (QED) is 0.888. The van der Waals surface area contributed by atoms with Crippen LogP contribution in [-0.4, -0.2) is 38.7 Å². The van der Waals surface area contributed by atoms with Gasteiger partial charge >= 0.3 is 0 Å². The molecule has 0 saturated carbocycles. The predicted molar refractivity (Wildman–Crippen MR) is 86.9 cm³/mol. The molecule has 5 nitrogen and oxygen atoms in total. The summed E-state index contributed by atoms with van der Waals surface area (Å²) in [4.78, 5) is 23.7. The fraction of sp³-hybridized carbons (Fsp3) is 0.600. The van der Waals surface area contributed by atoms with Crippen LogP contribution in [0.15, 0.2) is 4.79 Å². The number of aliphatic hydroxyl groups is 1. The summed E-state index contributed by atoms with van der Waals surface area (Å²) >= 11 is 1.56. The van der Waals surface area contributed by atoms with Crippen molar-refractivity contribution in [3.05, 3.63) is 26.6 Å². The summed E-state index contributed by atoms with van der Waals surface area (Å²) in [5, 5.41) is 10.3. The van der Waals surface area contributed by atoms with E-state index in [9.17, 15) is 9.90 Å². The zero-order chi connectivity index (χ0) is 15.7. The number of aliphatic hydroxyl groups excluding tert-OH is 1. The number of hydrogen-bond acceptors (Lipinski definition) is 5. The average molecular weight is 309 g/mol. The third-order valence-corrected chi connectivity index (χ3v) is 4.77. The first kappa shape index (κ1) is 16.1. The van der Waals surface area contributed by atoms with Crippen LogP contribution in [0, 0.1) is 13.8 Å². The van der Waals surface area contributed by atoms with E-state index in [-0.39, 0.29) is 11.6 Å². The Morgan fingerprint density at radius 3 is 2.57 bits per heavy atom. The number of aromatic nitrogens is 2. The molecule has 0 fully saturated rings. The van der Waals surface area contributed by atoms with Crippen molar-refractivity contribution in [1.82, 2.24) is 14.9 Å². The second-order valence-corrected chi connectivity index (χ2v) is 7.05. The largest absolute Gasteiger partial charge is 0.392 e. The van der Waals surface area contributed by atoms with Gasteiger partial charge in [-0.25, -0.2) is 4.98 Å². The van der Waals surface area contributed by atoms with E-state index in [2.05, 4.69) is 28.7 Å². The molecule has 2 heterocycles. The van der Waals surface area contributed by atoms with Gasteiger partial charge in [0.15, 0.2) is 0 Å². The highest BCUT2D eigenvalue weighted by Crippen LogP contribution is 2.25. The molecule has 2 aromatic rings. The van der Waals surface area contributed by atoms with E-state index < -0.39 is 6.10 Å². The van der Waals surface area contributed by atoms with Gasteiger partial charge < -0.3 is 10.1 Å². The topological polar surface area (TPSA) is 69.2 Å². The van der Waals surface area contributed by atoms with Gasteiger partial charge in [-0.3, -0.25) is 9.69 Å². The number of H-pyrrole nitrogens is 1. The molecule has 0 spiro atoms. The second-order valence-electron chi connectivity index (χ2n) is 5.85. The Hall–Kier alpha value is -1.24. The fourth-order valence-electron chi connectivity index (χ4n) is 2.36. The molecule has 1 unspecified atom stereocenters. The van der Waals surface area contributed by atoms with E-state index in [1.54, 1.807) is 18.3 Å². The highest BCUT2D eigenvalue weighted by atomic mass is 32.1. The van der Waals surface area contributed by atoms with Gasteiger partial charge in [-0.15, -0.1) is 11.3 Å². The van der Waals surface area contributed by atoms with Crippen LogP contribution in [0.3, 0.4) is 0 Å². The van der Waals surface area contributed by atoms with Crippen molar-refractivity contribution in [3.8, 4) is 0 Å². The molecular weight excluding hydrogens is 286 g/mol. The smallest absolute Gasteiger partial charge is 0.259 e. The summed E-state index contributed by atoms with van der Waals surface area (Å²) in [5.74, 6) is 0.656. The molecule has 0 radical (unpaired) electrons. The van der Waals surface area contributed by atoms with E-state index >= 15 is 0 Å². The molecule has 0 bridgehead atoms. The fourth-order valence-corrected chi connectivity index (χ4v) is 3.41. The summed E-state index contributed by atoms with van der Waals surface area (Å²) in [6.07, 6.45) is -0.408. The van der Waals surface area contributed by atoms with Crippen LogP contribution < -0.4 is 5.56 Å². The van der Waals surface area contributed by atoms with Gasteiger partial charge in [-0.2, -0.15) is 0 Å². The lowest BCUT2D eigenvalue weighted by atomic mass is 10.2. The summed E-state index contributed by atoms with van der Waals surface area (Å²) < 4.78 is 0. The number of nitrogens with zero attached hydrogens (tertiary/aromatic N) is 2. The normalized spacial score (nSPS) is 13.5. The van der Waals surface area contributed by atoms with Crippen molar-refractivity contribution in [2.75, 3.05) is 6.54 Å². The lowest BCUT2D eigenvalue weighted by Crippen LogP contribution is -2.37. The summed E-state index contributed by atoms with van der Waals surface area (Å²) in [7, 11) is 0. The average Bonchev–Trinajstić information content (AvgIpc) is 2.63. The predicted octanol–water partition coefficient (Wildman–Crippen LogP) is 2.19. The minimum absolute atomic E-state index is 0.0717. The van der Waals surface area contributed by atoms with E-state index in [1.807, 2.05) is 13.8 Å². The molecule has 2 aromatic heterocycles. The molecule has 0 amide bonds. The van der Waals surface area contributed by atoms with Crippen molar-refractivity contribution in [3.63, 3.8) is 0 Å². The van der Waals surface area contributed by atoms with E-state index in [0.717, 1.165) is 15.3 Å². The Bertz CT molecular complexity index is 688. The van der Waals surface area contributed by atoms with Gasteiger partial charge in [0.1, 0.15) is 10.7 Å². The number of hydrogen-bond donors (Lipinski definition) is 2. The lowest BCUT2D eigenvalue weighted by molar-refractivity contribution is 0.101. The Morgan fingerprint density at radius 1 is 1.33 bits per heavy atom. The van der Waals surface area contributed by atoms with E-state index in [1.165, 1.54) is 0 Å². The maximum atomic E-state index is 12.3. The van der Waals surface area contributed by atoms with Crippen LogP contribution in [0.2, 0.25) is 0 Å². The molecule has 116 valence electrons. The molecule has 0 aromatic carbocycles. The molecule has 6 heteroatoms. The molecule has 21 heavy (non-hydrogen) atoms. The van der Waals surface area contributed by atoms with Crippen LogP contribution in [0.1, 0.15) is 37.0 Å². The lowest BCUT2D eigenvalue weighted by Gasteiger charge is -2.26. The number of nitrogens with one attached hydrogen (secondary N) is 1. The summed E-state index contributed by atoms with van der Waals surface area (Å²) in [6.45, 7) is 11.0.